The second kappa shape index (κ2) is 15.3. The molecule has 8 nitrogen and oxygen atoms in total. The van der Waals surface area contributed by atoms with Gasteiger partial charge in [-0.2, -0.15) is 5.10 Å². The zero-order chi connectivity index (χ0) is 23.9. The van der Waals surface area contributed by atoms with Gasteiger partial charge in [0.05, 0.1) is 5.69 Å². The van der Waals surface area contributed by atoms with Crippen molar-refractivity contribution in [2.75, 3.05) is 18.4 Å². The first-order valence-corrected chi connectivity index (χ1v) is 12.2. The average Bonchev–Trinajstić information content (AvgIpc) is 3.25. The minimum absolute atomic E-state index is 0.362. The predicted molar refractivity (Wildman–Crippen MR) is 133 cm³/mol. The minimum atomic E-state index is -0.483. The van der Waals surface area contributed by atoms with Crippen LogP contribution in [0.15, 0.2) is 6.20 Å². The van der Waals surface area contributed by atoms with Crippen LogP contribution < -0.4 is 16.4 Å². The molecule has 0 saturated carbocycles. The fraction of sp³-hybridized carbons (Fsp3) is 0.667. The Morgan fingerprint density at radius 1 is 1.06 bits per heavy atom. The molecule has 0 fully saturated rings. The number of aromatic amines is 1. The monoisotopic (exact) mass is 445 g/mol. The first-order chi connectivity index (χ1) is 15.5. The Kier molecular flexibility index (Phi) is 13.2. The zero-order valence-electron chi connectivity index (χ0n) is 20.8. The van der Waals surface area contributed by atoms with E-state index < -0.39 is 5.91 Å². The van der Waals surface area contributed by atoms with Crippen LogP contribution in [0.4, 0.5) is 5.95 Å². The van der Waals surface area contributed by atoms with Crippen LogP contribution >= 0.6 is 0 Å². The van der Waals surface area contributed by atoms with Crippen LogP contribution in [-0.4, -0.2) is 45.2 Å². The van der Waals surface area contributed by atoms with Crippen molar-refractivity contribution >= 4 is 11.9 Å². The van der Waals surface area contributed by atoms with Gasteiger partial charge in [-0.05, 0) is 44.3 Å². The summed E-state index contributed by atoms with van der Waals surface area (Å²) in [6.45, 7) is 15.1. The molecule has 0 radical (unpaired) electrons. The van der Waals surface area contributed by atoms with Gasteiger partial charge in [0.25, 0.3) is 5.91 Å². The quantitative estimate of drug-likeness (QED) is 0.451. The highest BCUT2D eigenvalue weighted by Gasteiger charge is 2.26. The SMILES string of the molecule is CCCC.CCCC(CC)Nc1ncc2c(n1)-c1n[nH]c(C(N)=O)c1CC2.CCNCC. The number of hydrogen-bond acceptors (Lipinski definition) is 6. The lowest BCUT2D eigenvalue weighted by Gasteiger charge is -2.19. The lowest BCUT2D eigenvalue weighted by Crippen LogP contribution is -2.20. The van der Waals surface area contributed by atoms with E-state index in [1.165, 1.54) is 12.8 Å². The fourth-order valence-electron chi connectivity index (χ4n) is 3.29. The van der Waals surface area contributed by atoms with Crippen LogP contribution in [0.1, 0.15) is 95.3 Å². The molecule has 1 aliphatic rings. The zero-order valence-corrected chi connectivity index (χ0v) is 20.8. The number of primary amides is 1. The number of aryl methyl sites for hydroxylation is 1. The summed E-state index contributed by atoms with van der Waals surface area (Å²) in [5, 5.41) is 13.5. The Labute approximate surface area is 193 Å². The van der Waals surface area contributed by atoms with Gasteiger partial charge in [0.2, 0.25) is 5.95 Å². The van der Waals surface area contributed by atoms with Gasteiger partial charge < -0.3 is 16.4 Å². The number of carbonyl (C=O) groups excluding carboxylic acids is 1. The summed E-state index contributed by atoms with van der Waals surface area (Å²) >= 11 is 0. The largest absolute Gasteiger partial charge is 0.364 e. The maximum Gasteiger partial charge on any atom is 0.267 e. The molecule has 32 heavy (non-hydrogen) atoms. The molecule has 180 valence electrons. The van der Waals surface area contributed by atoms with Crippen molar-refractivity contribution in [2.45, 2.75) is 92.5 Å². The molecule has 5 N–H and O–H groups in total. The summed E-state index contributed by atoms with van der Waals surface area (Å²) in [6, 6.07) is 0.362. The molecule has 1 atom stereocenters. The number of amides is 1. The summed E-state index contributed by atoms with van der Waals surface area (Å²) in [6.07, 6.45) is 9.21. The number of nitrogens with two attached hydrogens (primary N) is 1. The molecule has 0 aromatic carbocycles. The predicted octanol–water partition coefficient (Wildman–Crippen LogP) is 4.48. The number of carbonyl (C=O) groups is 1. The van der Waals surface area contributed by atoms with Crippen molar-refractivity contribution < 1.29 is 4.79 Å². The first kappa shape index (κ1) is 27.6. The van der Waals surface area contributed by atoms with Gasteiger partial charge in [-0.15, -0.1) is 0 Å². The number of nitrogens with one attached hydrogen (secondary N) is 3. The Morgan fingerprint density at radius 2 is 1.75 bits per heavy atom. The van der Waals surface area contributed by atoms with Crippen LogP contribution in [0, 0.1) is 0 Å². The number of hydrogen-bond donors (Lipinski definition) is 4. The van der Waals surface area contributed by atoms with Gasteiger partial charge >= 0.3 is 0 Å². The third-order valence-corrected chi connectivity index (χ3v) is 5.31. The molecule has 0 spiro atoms. The van der Waals surface area contributed by atoms with Gasteiger partial charge in [-0.1, -0.05) is 60.8 Å². The van der Waals surface area contributed by atoms with Crippen molar-refractivity contribution in [3.05, 3.63) is 23.0 Å². The molecular formula is C24H43N7O. The Balaban J connectivity index is 0.000000485. The van der Waals surface area contributed by atoms with E-state index in [9.17, 15) is 4.79 Å². The van der Waals surface area contributed by atoms with Crippen LogP contribution in [0.3, 0.4) is 0 Å². The van der Waals surface area contributed by atoms with Crippen LogP contribution in [0.2, 0.25) is 0 Å². The molecule has 8 heteroatoms. The number of H-pyrrole nitrogens is 1. The fourth-order valence-corrected chi connectivity index (χ4v) is 3.29. The second-order valence-electron chi connectivity index (χ2n) is 7.85. The Morgan fingerprint density at radius 3 is 2.25 bits per heavy atom. The van der Waals surface area contributed by atoms with Crippen LogP contribution in [0.5, 0.6) is 0 Å². The van der Waals surface area contributed by atoms with Crippen molar-refractivity contribution in [2.24, 2.45) is 5.73 Å². The van der Waals surface area contributed by atoms with Crippen molar-refractivity contribution in [3.8, 4) is 11.4 Å². The molecule has 1 aliphatic carbocycles. The number of rotatable bonds is 9. The smallest absolute Gasteiger partial charge is 0.267 e. The number of anilines is 1. The molecule has 0 aliphatic heterocycles. The highest BCUT2D eigenvalue weighted by Crippen LogP contribution is 2.32. The highest BCUT2D eigenvalue weighted by atomic mass is 16.1. The van der Waals surface area contributed by atoms with Gasteiger partial charge in [-0.3, -0.25) is 9.89 Å². The molecule has 0 bridgehead atoms. The minimum Gasteiger partial charge on any atom is -0.364 e. The van der Waals surface area contributed by atoms with E-state index in [4.69, 9.17) is 5.73 Å². The topological polar surface area (TPSA) is 122 Å². The Hall–Kier alpha value is -2.48. The van der Waals surface area contributed by atoms with Gasteiger partial charge in [0, 0.05) is 17.8 Å². The first-order valence-electron chi connectivity index (χ1n) is 12.2. The van der Waals surface area contributed by atoms with Crippen molar-refractivity contribution in [1.82, 2.24) is 25.5 Å². The summed E-state index contributed by atoms with van der Waals surface area (Å²) < 4.78 is 0. The molecular weight excluding hydrogens is 402 g/mol. The molecule has 3 rings (SSSR count). The normalized spacial score (nSPS) is 12.3. The molecule has 2 aromatic heterocycles. The van der Waals surface area contributed by atoms with Crippen molar-refractivity contribution in [1.29, 1.82) is 0 Å². The molecule has 1 unspecified atom stereocenters. The van der Waals surface area contributed by atoms with Crippen LogP contribution in [0.25, 0.3) is 11.4 Å². The maximum atomic E-state index is 11.5. The lowest BCUT2D eigenvalue weighted by atomic mass is 9.93. The van der Waals surface area contributed by atoms with E-state index in [1.807, 2.05) is 6.20 Å². The summed E-state index contributed by atoms with van der Waals surface area (Å²) in [5.74, 6) is 0.129. The van der Waals surface area contributed by atoms with E-state index in [2.05, 4.69) is 72.3 Å². The summed E-state index contributed by atoms with van der Waals surface area (Å²) in [5.41, 5.74) is 9.19. The third-order valence-electron chi connectivity index (χ3n) is 5.31. The highest BCUT2D eigenvalue weighted by molar-refractivity contribution is 5.94. The standard InChI is InChI=1S/C16H22N6O.C4H11N.C4H10/c1-3-5-10(4-2)19-16-18-8-9-6-7-11-13(12(9)20-16)21-22-14(11)15(17)23;1-3-5-4-2;1-3-4-2/h8,10H,3-7H2,1-2H3,(H2,17,23)(H,21,22)(H,18,19,20);5H,3-4H2,1-2H3;3-4H2,1-2H3. The van der Waals surface area contributed by atoms with E-state index in [-0.39, 0.29) is 0 Å². The van der Waals surface area contributed by atoms with Crippen molar-refractivity contribution in [3.63, 3.8) is 0 Å². The summed E-state index contributed by atoms with van der Waals surface area (Å²) in [4.78, 5) is 20.5. The van der Waals surface area contributed by atoms with Crippen LogP contribution in [-0.2, 0) is 12.8 Å². The molecule has 0 saturated heterocycles. The summed E-state index contributed by atoms with van der Waals surface area (Å²) in [7, 11) is 0. The van der Waals surface area contributed by atoms with E-state index in [1.54, 1.807) is 0 Å². The van der Waals surface area contributed by atoms with E-state index in [0.717, 1.165) is 62.0 Å². The maximum absolute atomic E-state index is 11.5. The van der Waals surface area contributed by atoms with Gasteiger partial charge in [0.15, 0.2) is 0 Å². The van der Waals surface area contributed by atoms with Gasteiger partial charge in [-0.25, -0.2) is 9.97 Å². The average molecular weight is 446 g/mol. The number of unbranched alkanes of at least 4 members (excludes halogenated alkanes) is 1. The third kappa shape index (κ3) is 8.22. The van der Waals surface area contributed by atoms with E-state index >= 15 is 0 Å². The Bertz CT molecular complexity index is 800. The number of nitrogens with zero attached hydrogens (tertiary/aromatic N) is 3. The molecule has 2 aromatic rings. The number of fused-ring (bicyclic) bond motifs is 3. The second-order valence-corrected chi connectivity index (χ2v) is 7.85. The van der Waals surface area contributed by atoms with E-state index in [0.29, 0.717) is 23.4 Å². The van der Waals surface area contributed by atoms with Gasteiger partial charge in [0.1, 0.15) is 11.4 Å². The molecule has 2 heterocycles. The lowest BCUT2D eigenvalue weighted by molar-refractivity contribution is 0.0994. The molecule has 1 amide bonds. The number of aromatic nitrogens is 4.